The molecule has 3 aromatic carbocycles. The average molecular weight is 443 g/mol. The van der Waals surface area contributed by atoms with Crippen molar-refractivity contribution in [3.05, 3.63) is 94.5 Å². The van der Waals surface area contributed by atoms with Gasteiger partial charge in [-0.15, -0.1) is 0 Å². The third kappa shape index (κ3) is 6.17. The summed E-state index contributed by atoms with van der Waals surface area (Å²) in [6, 6.07) is 19.7. The maximum absolute atomic E-state index is 12.3. The molecular weight excluding hydrogens is 424 g/mol. The van der Waals surface area contributed by atoms with Crippen molar-refractivity contribution in [3.63, 3.8) is 0 Å². The summed E-state index contributed by atoms with van der Waals surface area (Å²) in [6.45, 7) is 1.98. The van der Waals surface area contributed by atoms with Gasteiger partial charge in [0.1, 0.15) is 10.6 Å². The number of rotatable bonds is 7. The van der Waals surface area contributed by atoms with Crippen LogP contribution in [0.3, 0.4) is 0 Å². The van der Waals surface area contributed by atoms with Crippen molar-refractivity contribution in [3.8, 4) is 5.75 Å². The van der Waals surface area contributed by atoms with Crippen molar-refractivity contribution < 1.29 is 17.4 Å². The summed E-state index contributed by atoms with van der Waals surface area (Å²) in [5.74, 6) is -0.0744. The van der Waals surface area contributed by atoms with E-state index in [1.807, 2.05) is 31.2 Å². The van der Waals surface area contributed by atoms with Crippen LogP contribution >= 0.6 is 11.6 Å². The highest BCUT2D eigenvalue weighted by Gasteiger charge is 2.16. The molecular formula is C22H19ClN2O4S. The average Bonchev–Trinajstić information content (AvgIpc) is 2.71. The number of benzene rings is 3. The van der Waals surface area contributed by atoms with E-state index in [0.717, 1.165) is 11.1 Å². The van der Waals surface area contributed by atoms with E-state index in [1.165, 1.54) is 42.6 Å². The number of hydrogen-bond donors (Lipinski definition) is 1. The molecule has 154 valence electrons. The lowest BCUT2D eigenvalue weighted by atomic mass is 10.1. The number of nitrogens with zero attached hydrogens (tertiary/aromatic N) is 1. The molecule has 30 heavy (non-hydrogen) atoms. The number of halogens is 1. The van der Waals surface area contributed by atoms with Gasteiger partial charge in [0.05, 0.1) is 12.6 Å². The van der Waals surface area contributed by atoms with Gasteiger partial charge >= 0.3 is 10.1 Å². The quantitative estimate of drug-likeness (QED) is 0.339. The molecule has 0 heterocycles. The summed E-state index contributed by atoms with van der Waals surface area (Å²) in [4.78, 5) is 11.9. The Morgan fingerprint density at radius 2 is 1.63 bits per heavy atom. The van der Waals surface area contributed by atoms with Gasteiger partial charge in [0.2, 0.25) is 5.91 Å². The van der Waals surface area contributed by atoms with E-state index in [4.69, 9.17) is 15.8 Å². The number of carbonyl (C=O) groups is 1. The first-order valence-corrected chi connectivity index (χ1v) is 10.8. The molecule has 8 heteroatoms. The lowest BCUT2D eigenvalue weighted by molar-refractivity contribution is -0.120. The fourth-order valence-electron chi connectivity index (χ4n) is 2.50. The Labute approximate surface area is 180 Å². The van der Waals surface area contributed by atoms with Gasteiger partial charge in [-0.2, -0.15) is 13.5 Å². The standard InChI is InChI=1S/C22H19ClN2O4S/c1-16-2-4-17(5-3-16)14-22(26)25-24-15-18-6-10-20(11-7-18)29-30(27,28)21-12-8-19(23)9-13-21/h2-13,15H,14H2,1H3,(H,25,26). The van der Waals surface area contributed by atoms with Crippen LogP contribution < -0.4 is 9.61 Å². The first-order valence-electron chi connectivity index (χ1n) is 8.99. The van der Waals surface area contributed by atoms with Gasteiger partial charge in [-0.3, -0.25) is 4.79 Å². The van der Waals surface area contributed by atoms with E-state index in [-0.39, 0.29) is 23.0 Å². The second-order valence-electron chi connectivity index (χ2n) is 6.52. The molecule has 0 aliphatic carbocycles. The molecule has 0 fully saturated rings. The van der Waals surface area contributed by atoms with Crippen molar-refractivity contribution in [2.24, 2.45) is 5.10 Å². The van der Waals surface area contributed by atoms with E-state index in [9.17, 15) is 13.2 Å². The lowest BCUT2D eigenvalue weighted by Crippen LogP contribution is -2.19. The molecule has 1 N–H and O–H groups in total. The second kappa shape index (κ2) is 9.56. The van der Waals surface area contributed by atoms with Gasteiger partial charge in [0.25, 0.3) is 0 Å². The first-order chi connectivity index (χ1) is 14.3. The Balaban J connectivity index is 1.55. The molecule has 0 unspecified atom stereocenters. The molecule has 0 aliphatic heterocycles. The summed E-state index contributed by atoms with van der Waals surface area (Å²) < 4.78 is 29.7. The summed E-state index contributed by atoms with van der Waals surface area (Å²) in [6.07, 6.45) is 1.69. The van der Waals surface area contributed by atoms with Crippen LogP contribution in [-0.2, 0) is 21.3 Å². The van der Waals surface area contributed by atoms with Gasteiger partial charge < -0.3 is 4.18 Å². The van der Waals surface area contributed by atoms with E-state index >= 15 is 0 Å². The SMILES string of the molecule is Cc1ccc(CC(=O)NN=Cc2ccc(OS(=O)(=O)c3ccc(Cl)cc3)cc2)cc1. The maximum atomic E-state index is 12.3. The van der Waals surface area contributed by atoms with Gasteiger partial charge in [-0.25, -0.2) is 5.43 Å². The second-order valence-corrected chi connectivity index (χ2v) is 8.50. The number of aryl methyl sites for hydroxylation is 1. The predicted molar refractivity (Wildman–Crippen MR) is 116 cm³/mol. The maximum Gasteiger partial charge on any atom is 0.339 e. The molecule has 0 aromatic heterocycles. The minimum Gasteiger partial charge on any atom is -0.379 e. The number of hydrogen-bond acceptors (Lipinski definition) is 5. The van der Waals surface area contributed by atoms with Crippen molar-refractivity contribution in [1.29, 1.82) is 0 Å². The van der Waals surface area contributed by atoms with E-state index < -0.39 is 10.1 Å². The number of hydrazone groups is 1. The van der Waals surface area contributed by atoms with Gasteiger partial charge in [0, 0.05) is 5.02 Å². The molecule has 0 bridgehead atoms. The van der Waals surface area contributed by atoms with Crippen LogP contribution in [0.4, 0.5) is 0 Å². The van der Waals surface area contributed by atoms with Gasteiger partial charge in [-0.05, 0) is 66.6 Å². The van der Waals surface area contributed by atoms with Crippen molar-refractivity contribution in [1.82, 2.24) is 5.43 Å². The minimum absolute atomic E-state index is 0.00817. The van der Waals surface area contributed by atoms with E-state index in [2.05, 4.69) is 10.5 Å². The summed E-state index contributed by atoms with van der Waals surface area (Å²) in [7, 11) is -3.95. The highest BCUT2D eigenvalue weighted by Crippen LogP contribution is 2.20. The highest BCUT2D eigenvalue weighted by atomic mass is 35.5. The Morgan fingerprint density at radius 1 is 1.00 bits per heavy atom. The topological polar surface area (TPSA) is 84.8 Å². The Morgan fingerprint density at radius 3 is 2.27 bits per heavy atom. The molecule has 0 radical (unpaired) electrons. The van der Waals surface area contributed by atoms with Crippen LogP contribution in [0.5, 0.6) is 5.75 Å². The third-order valence-corrected chi connectivity index (χ3v) is 5.59. The molecule has 1 amide bonds. The molecule has 3 aromatic rings. The fourth-order valence-corrected chi connectivity index (χ4v) is 3.55. The van der Waals surface area contributed by atoms with Crippen LogP contribution in [0.2, 0.25) is 5.02 Å². The van der Waals surface area contributed by atoms with Crippen LogP contribution in [0, 0.1) is 6.92 Å². The molecule has 0 atom stereocenters. The molecule has 6 nitrogen and oxygen atoms in total. The smallest absolute Gasteiger partial charge is 0.339 e. The lowest BCUT2D eigenvalue weighted by Gasteiger charge is -2.07. The minimum atomic E-state index is -3.95. The van der Waals surface area contributed by atoms with E-state index in [0.29, 0.717) is 10.6 Å². The molecule has 0 saturated heterocycles. The summed E-state index contributed by atoms with van der Waals surface area (Å²) in [5, 5.41) is 4.35. The largest absolute Gasteiger partial charge is 0.379 e. The van der Waals surface area contributed by atoms with Crippen LogP contribution in [-0.4, -0.2) is 20.5 Å². The van der Waals surface area contributed by atoms with Gasteiger partial charge in [-0.1, -0.05) is 41.4 Å². The zero-order valence-corrected chi connectivity index (χ0v) is 17.7. The van der Waals surface area contributed by atoms with Crippen LogP contribution in [0.1, 0.15) is 16.7 Å². The van der Waals surface area contributed by atoms with Crippen molar-refractivity contribution in [2.75, 3.05) is 0 Å². The van der Waals surface area contributed by atoms with E-state index in [1.54, 1.807) is 12.1 Å². The normalized spacial score (nSPS) is 11.4. The monoisotopic (exact) mass is 442 g/mol. The van der Waals surface area contributed by atoms with Crippen LogP contribution in [0.25, 0.3) is 0 Å². The molecule has 0 spiro atoms. The summed E-state index contributed by atoms with van der Waals surface area (Å²) in [5.41, 5.74) is 5.16. The molecule has 0 saturated carbocycles. The molecule has 0 aliphatic rings. The van der Waals surface area contributed by atoms with Crippen molar-refractivity contribution >= 4 is 33.8 Å². The predicted octanol–water partition coefficient (Wildman–Crippen LogP) is 4.11. The first kappa shape index (κ1) is 21.5. The van der Waals surface area contributed by atoms with Gasteiger partial charge in [0.15, 0.2) is 0 Å². The zero-order chi connectivity index (χ0) is 21.6. The highest BCUT2D eigenvalue weighted by molar-refractivity contribution is 7.87. The molecule has 3 rings (SSSR count). The number of amides is 1. The Kier molecular flexibility index (Phi) is 6.87. The Hall–Kier alpha value is -3.16. The van der Waals surface area contributed by atoms with Crippen molar-refractivity contribution in [2.45, 2.75) is 18.2 Å². The fraction of sp³-hybridized carbons (Fsp3) is 0.0909. The zero-order valence-electron chi connectivity index (χ0n) is 16.1. The third-order valence-electron chi connectivity index (χ3n) is 4.08. The number of carbonyl (C=O) groups excluding carboxylic acids is 1. The Bertz CT molecular complexity index is 1140. The summed E-state index contributed by atoms with van der Waals surface area (Å²) >= 11 is 5.77. The van der Waals surface area contributed by atoms with Crippen LogP contribution in [0.15, 0.2) is 82.8 Å². The number of nitrogens with one attached hydrogen (secondary N) is 1.